The monoisotopic (exact) mass is 300 g/mol. The number of hydrazone groups is 1. The van der Waals surface area contributed by atoms with Gasteiger partial charge in [0.25, 0.3) is 5.91 Å². The Morgan fingerprint density at radius 1 is 1.27 bits per heavy atom. The second-order valence-corrected chi connectivity index (χ2v) is 4.91. The molecule has 0 unspecified atom stereocenters. The van der Waals surface area contributed by atoms with Crippen molar-refractivity contribution in [3.63, 3.8) is 0 Å². The van der Waals surface area contributed by atoms with Gasteiger partial charge >= 0.3 is 5.63 Å². The Kier molecular flexibility index (Phi) is 4.41. The molecule has 0 bridgehead atoms. The summed E-state index contributed by atoms with van der Waals surface area (Å²) in [5.41, 5.74) is 3.14. The fourth-order valence-corrected chi connectivity index (χ4v) is 1.97. The van der Waals surface area contributed by atoms with Crippen molar-refractivity contribution in [3.05, 3.63) is 63.2 Å². The van der Waals surface area contributed by atoms with Gasteiger partial charge in [-0.15, -0.1) is 0 Å². The largest absolute Gasteiger partial charge is 0.507 e. The second kappa shape index (κ2) is 6.26. The first-order chi connectivity index (χ1) is 10.4. The summed E-state index contributed by atoms with van der Waals surface area (Å²) in [7, 11) is 0. The van der Waals surface area contributed by atoms with Crippen molar-refractivity contribution in [1.29, 1.82) is 0 Å². The topological polar surface area (TPSA) is 91.9 Å². The van der Waals surface area contributed by atoms with Crippen LogP contribution in [0.2, 0.25) is 0 Å². The highest BCUT2D eigenvalue weighted by molar-refractivity contribution is 6.02. The number of aryl methyl sites for hydroxylation is 2. The van der Waals surface area contributed by atoms with Crippen molar-refractivity contribution in [2.24, 2.45) is 5.10 Å². The Bertz CT molecular complexity index is 806. The molecule has 1 aromatic carbocycles. The summed E-state index contributed by atoms with van der Waals surface area (Å²) in [6.07, 6.45) is 0. The molecule has 114 valence electrons. The quantitative estimate of drug-likeness (QED) is 0.671. The molecule has 1 aromatic heterocycles. The minimum Gasteiger partial charge on any atom is -0.507 e. The Morgan fingerprint density at radius 2 is 2.00 bits per heavy atom. The molecule has 2 rings (SSSR count). The highest BCUT2D eigenvalue weighted by atomic mass is 16.4. The number of carbonyl (C=O) groups excluding carboxylic acids is 1. The molecular weight excluding hydrogens is 284 g/mol. The van der Waals surface area contributed by atoms with Crippen molar-refractivity contribution in [2.75, 3.05) is 0 Å². The summed E-state index contributed by atoms with van der Waals surface area (Å²) in [6, 6.07) is 8.34. The lowest BCUT2D eigenvalue weighted by atomic mass is 10.1. The van der Waals surface area contributed by atoms with Gasteiger partial charge in [-0.25, -0.2) is 10.2 Å². The van der Waals surface area contributed by atoms with Crippen LogP contribution in [0.15, 0.2) is 44.6 Å². The zero-order valence-electron chi connectivity index (χ0n) is 12.5. The fourth-order valence-electron chi connectivity index (χ4n) is 1.97. The van der Waals surface area contributed by atoms with Gasteiger partial charge in [0.15, 0.2) is 0 Å². The number of aromatic hydroxyl groups is 1. The zero-order chi connectivity index (χ0) is 16.3. The number of benzene rings is 1. The SMILES string of the molecule is C/C(=N/NC(=O)c1cccc(C)c1)c1c(O)cc(C)oc1=O. The van der Waals surface area contributed by atoms with E-state index in [1.54, 1.807) is 25.1 Å². The van der Waals surface area contributed by atoms with E-state index in [0.717, 1.165) is 5.56 Å². The van der Waals surface area contributed by atoms with Crippen molar-refractivity contribution in [1.82, 2.24) is 5.43 Å². The molecule has 1 heterocycles. The molecular formula is C16H16N2O4. The van der Waals surface area contributed by atoms with Crippen LogP contribution in [0.4, 0.5) is 0 Å². The molecule has 0 saturated carbocycles. The van der Waals surface area contributed by atoms with Crippen LogP contribution in [-0.2, 0) is 0 Å². The molecule has 0 aliphatic heterocycles. The van der Waals surface area contributed by atoms with E-state index in [1.165, 1.54) is 13.0 Å². The molecule has 0 atom stereocenters. The zero-order valence-corrected chi connectivity index (χ0v) is 12.5. The van der Waals surface area contributed by atoms with E-state index < -0.39 is 11.5 Å². The molecule has 0 spiro atoms. The highest BCUT2D eigenvalue weighted by Crippen LogP contribution is 2.15. The second-order valence-electron chi connectivity index (χ2n) is 4.91. The molecule has 0 saturated heterocycles. The highest BCUT2D eigenvalue weighted by Gasteiger charge is 2.13. The average molecular weight is 300 g/mol. The number of hydrogen-bond donors (Lipinski definition) is 2. The summed E-state index contributed by atoms with van der Waals surface area (Å²) >= 11 is 0. The van der Waals surface area contributed by atoms with Crippen LogP contribution in [-0.4, -0.2) is 16.7 Å². The lowest BCUT2D eigenvalue weighted by Gasteiger charge is -2.05. The predicted molar refractivity (Wildman–Crippen MR) is 82.2 cm³/mol. The summed E-state index contributed by atoms with van der Waals surface area (Å²) in [5.74, 6) is -0.346. The van der Waals surface area contributed by atoms with E-state index in [2.05, 4.69) is 10.5 Å². The van der Waals surface area contributed by atoms with Gasteiger partial charge in [0, 0.05) is 11.6 Å². The Morgan fingerprint density at radius 3 is 2.64 bits per heavy atom. The van der Waals surface area contributed by atoms with Crippen LogP contribution in [0.3, 0.4) is 0 Å². The smallest absolute Gasteiger partial charge is 0.348 e. The van der Waals surface area contributed by atoms with Gasteiger partial charge in [0.1, 0.15) is 17.1 Å². The molecule has 0 radical (unpaired) electrons. The molecule has 2 N–H and O–H groups in total. The van der Waals surface area contributed by atoms with E-state index in [0.29, 0.717) is 11.3 Å². The predicted octanol–water partition coefficient (Wildman–Crippen LogP) is 2.12. The molecule has 1 amide bonds. The number of nitrogens with one attached hydrogen (secondary N) is 1. The van der Waals surface area contributed by atoms with Crippen LogP contribution in [0.1, 0.15) is 34.2 Å². The minimum atomic E-state index is -0.705. The lowest BCUT2D eigenvalue weighted by molar-refractivity contribution is 0.0954. The third-order valence-corrected chi connectivity index (χ3v) is 3.02. The van der Waals surface area contributed by atoms with Crippen LogP contribution >= 0.6 is 0 Å². The molecule has 0 aliphatic rings. The average Bonchev–Trinajstić information content (AvgIpc) is 2.43. The lowest BCUT2D eigenvalue weighted by Crippen LogP contribution is -2.21. The summed E-state index contributed by atoms with van der Waals surface area (Å²) in [5, 5.41) is 13.7. The molecule has 0 aliphatic carbocycles. The normalized spacial score (nSPS) is 11.3. The van der Waals surface area contributed by atoms with Crippen LogP contribution in [0, 0.1) is 13.8 Å². The molecule has 0 fully saturated rings. The minimum absolute atomic E-state index is 0.0739. The summed E-state index contributed by atoms with van der Waals surface area (Å²) in [4.78, 5) is 23.7. The van der Waals surface area contributed by atoms with Gasteiger partial charge < -0.3 is 9.52 Å². The van der Waals surface area contributed by atoms with E-state index in [4.69, 9.17) is 4.42 Å². The molecule has 6 nitrogen and oxygen atoms in total. The Hall–Kier alpha value is -2.89. The first kappa shape index (κ1) is 15.5. The maximum absolute atomic E-state index is 12.0. The van der Waals surface area contributed by atoms with Gasteiger partial charge in [0.2, 0.25) is 0 Å². The molecule has 6 heteroatoms. The van der Waals surface area contributed by atoms with E-state index >= 15 is 0 Å². The summed E-state index contributed by atoms with van der Waals surface area (Å²) in [6.45, 7) is 4.93. The van der Waals surface area contributed by atoms with Gasteiger partial charge in [-0.2, -0.15) is 5.10 Å². The number of rotatable bonds is 3. The Balaban J connectivity index is 2.24. The van der Waals surface area contributed by atoms with Gasteiger partial charge in [-0.1, -0.05) is 17.7 Å². The first-order valence-electron chi connectivity index (χ1n) is 6.64. The van der Waals surface area contributed by atoms with Crippen molar-refractivity contribution < 1.29 is 14.3 Å². The Labute approximate surface area is 127 Å². The van der Waals surface area contributed by atoms with Crippen LogP contribution in [0.5, 0.6) is 5.75 Å². The number of amides is 1. The van der Waals surface area contributed by atoms with E-state index in [9.17, 15) is 14.7 Å². The number of carbonyl (C=O) groups is 1. The molecule has 22 heavy (non-hydrogen) atoms. The standard InChI is InChI=1S/C16H16N2O4/c1-9-5-4-6-12(7-9)15(20)18-17-11(3)14-13(19)8-10(2)22-16(14)21/h4-8,19H,1-3H3,(H,18,20)/b17-11-. The molecule has 2 aromatic rings. The van der Waals surface area contributed by atoms with Gasteiger partial charge in [-0.3, -0.25) is 4.79 Å². The van der Waals surface area contributed by atoms with Crippen LogP contribution in [0.25, 0.3) is 0 Å². The number of hydrogen-bond acceptors (Lipinski definition) is 5. The van der Waals surface area contributed by atoms with E-state index in [-0.39, 0.29) is 17.0 Å². The fraction of sp³-hybridized carbons (Fsp3) is 0.188. The van der Waals surface area contributed by atoms with Gasteiger partial charge in [0.05, 0.1) is 5.71 Å². The number of nitrogens with zero attached hydrogens (tertiary/aromatic N) is 1. The van der Waals surface area contributed by atoms with Crippen LogP contribution < -0.4 is 11.1 Å². The maximum Gasteiger partial charge on any atom is 0.348 e. The summed E-state index contributed by atoms with van der Waals surface area (Å²) < 4.78 is 4.91. The third kappa shape index (κ3) is 3.41. The van der Waals surface area contributed by atoms with Crippen molar-refractivity contribution in [3.8, 4) is 5.75 Å². The maximum atomic E-state index is 12.0. The van der Waals surface area contributed by atoms with Crippen molar-refractivity contribution >= 4 is 11.6 Å². The first-order valence-corrected chi connectivity index (χ1v) is 6.64. The van der Waals surface area contributed by atoms with Crippen molar-refractivity contribution in [2.45, 2.75) is 20.8 Å². The third-order valence-electron chi connectivity index (χ3n) is 3.02. The van der Waals surface area contributed by atoms with E-state index in [1.807, 2.05) is 13.0 Å². The van der Waals surface area contributed by atoms with Gasteiger partial charge in [-0.05, 0) is 32.9 Å².